The van der Waals surface area contributed by atoms with E-state index in [1.807, 2.05) is 33.8 Å². The minimum atomic E-state index is -3.38. The molecule has 0 amide bonds. The molecule has 1 aromatic carbocycles. The van der Waals surface area contributed by atoms with Crippen molar-refractivity contribution in [3.05, 3.63) is 28.8 Å². The molecular weight excluding hydrogens is 361 g/mol. The van der Waals surface area contributed by atoms with Crippen LogP contribution in [0.1, 0.15) is 33.3 Å². The van der Waals surface area contributed by atoms with Crippen LogP contribution in [-0.4, -0.2) is 21.5 Å². The van der Waals surface area contributed by atoms with Gasteiger partial charge < -0.3 is 14.4 Å². The summed E-state index contributed by atoms with van der Waals surface area (Å²) in [5, 5.41) is 3.25. The third kappa shape index (κ3) is 4.25. The summed E-state index contributed by atoms with van der Waals surface area (Å²) >= 11 is 12.7. The number of nitrogens with one attached hydrogen (secondary N) is 1. The van der Waals surface area contributed by atoms with Crippen LogP contribution >= 0.6 is 43.2 Å². The normalized spacial score (nSPS) is 18.5. The number of hydrogen-bond donors (Lipinski definition) is 1. The minimum Gasteiger partial charge on any atom is -0.363 e. The molecule has 2 rings (SSSR count). The number of fused-ring (bicyclic) bond motifs is 1. The van der Waals surface area contributed by atoms with E-state index in [2.05, 4.69) is 5.32 Å². The Balaban J connectivity index is 2.33. The van der Waals surface area contributed by atoms with E-state index in [4.69, 9.17) is 32.9 Å². The number of thiocarbonyl (C=S) groups is 1. The Kier molecular flexibility index (Phi) is 5.97. The van der Waals surface area contributed by atoms with Gasteiger partial charge in [-0.05, 0) is 45.9 Å². The van der Waals surface area contributed by atoms with Crippen LogP contribution in [0.3, 0.4) is 0 Å². The topological polar surface area (TPSA) is 47.6 Å². The van der Waals surface area contributed by atoms with Gasteiger partial charge in [0, 0.05) is 16.3 Å². The summed E-state index contributed by atoms with van der Waals surface area (Å²) in [4.78, 5) is 0. The summed E-state index contributed by atoms with van der Waals surface area (Å²) in [6, 6.07) is 5.39. The van der Waals surface area contributed by atoms with Crippen molar-refractivity contribution in [2.24, 2.45) is 0 Å². The number of benzene rings is 1. The van der Waals surface area contributed by atoms with Gasteiger partial charge in [-0.15, -0.1) is 0 Å². The van der Waals surface area contributed by atoms with Crippen molar-refractivity contribution in [3.63, 3.8) is 0 Å². The largest absolute Gasteiger partial charge is 0.363 e. The molecule has 1 heterocycles. The van der Waals surface area contributed by atoms with Crippen LogP contribution < -0.4 is 5.32 Å². The monoisotopic (exact) mass is 379 g/mol. The number of rotatable bonds is 5. The van der Waals surface area contributed by atoms with E-state index in [-0.39, 0.29) is 12.2 Å². The highest BCUT2D eigenvalue weighted by molar-refractivity contribution is 8.26. The standard InChI is InChI=1S/C14H19ClNO3PS2/c1-8(2)18-20(17,19-9(3)4)14-16-12-6-5-10(15)7-11(12)13(21)22-14/h5-9,14,16H,1-4H3. The Morgan fingerprint density at radius 2 is 1.86 bits per heavy atom. The van der Waals surface area contributed by atoms with Crippen molar-refractivity contribution >= 4 is 53.1 Å². The number of anilines is 1. The van der Waals surface area contributed by atoms with E-state index < -0.39 is 12.7 Å². The van der Waals surface area contributed by atoms with E-state index in [0.29, 0.717) is 9.22 Å². The lowest BCUT2D eigenvalue weighted by atomic mass is 10.2. The Bertz CT molecular complexity index is 610. The van der Waals surface area contributed by atoms with Gasteiger partial charge in [0.15, 0.2) is 5.11 Å². The molecule has 0 spiro atoms. The van der Waals surface area contributed by atoms with Crippen LogP contribution in [0.5, 0.6) is 0 Å². The van der Waals surface area contributed by atoms with Crippen molar-refractivity contribution in [2.75, 3.05) is 5.32 Å². The van der Waals surface area contributed by atoms with Crippen molar-refractivity contribution in [2.45, 2.75) is 45.0 Å². The predicted octanol–water partition coefficient (Wildman–Crippen LogP) is 5.50. The number of halogens is 1. The first-order valence-electron chi connectivity index (χ1n) is 6.95. The molecule has 1 unspecified atom stereocenters. The van der Waals surface area contributed by atoms with Crippen molar-refractivity contribution < 1.29 is 13.6 Å². The molecule has 0 saturated heterocycles. The van der Waals surface area contributed by atoms with Gasteiger partial charge in [0.05, 0.1) is 16.4 Å². The van der Waals surface area contributed by atoms with Crippen molar-refractivity contribution in [1.82, 2.24) is 0 Å². The van der Waals surface area contributed by atoms with Crippen LogP contribution in [0.15, 0.2) is 18.2 Å². The molecule has 1 aromatic rings. The molecule has 0 saturated carbocycles. The quantitative estimate of drug-likeness (QED) is 0.538. The first kappa shape index (κ1) is 18.2. The lowest BCUT2D eigenvalue weighted by Gasteiger charge is -2.33. The molecule has 1 aliphatic heterocycles. The molecule has 1 aliphatic rings. The van der Waals surface area contributed by atoms with E-state index >= 15 is 0 Å². The second kappa shape index (κ2) is 7.20. The van der Waals surface area contributed by atoms with Crippen LogP contribution in [0.4, 0.5) is 5.69 Å². The van der Waals surface area contributed by atoms with Crippen LogP contribution in [-0.2, 0) is 13.6 Å². The van der Waals surface area contributed by atoms with Crippen molar-refractivity contribution in [1.29, 1.82) is 0 Å². The first-order valence-corrected chi connectivity index (χ1v) is 10.2. The Morgan fingerprint density at radius 3 is 2.41 bits per heavy atom. The fourth-order valence-corrected chi connectivity index (χ4v) is 6.41. The number of hydrogen-bond acceptors (Lipinski definition) is 6. The Labute approximate surface area is 145 Å². The SMILES string of the molecule is CC(C)OP(=O)(OC(C)C)C1Nc2ccc(Cl)cc2C(=S)S1. The van der Waals surface area contributed by atoms with Gasteiger partial charge in [-0.1, -0.05) is 35.6 Å². The zero-order valence-corrected chi connectivity index (χ0v) is 16.1. The maximum Gasteiger partial charge on any atom is 0.363 e. The summed E-state index contributed by atoms with van der Waals surface area (Å²) in [5.74, 6) is 0. The van der Waals surface area contributed by atoms with Crippen LogP contribution in [0.2, 0.25) is 5.02 Å². The van der Waals surface area contributed by atoms with Gasteiger partial charge in [0.25, 0.3) is 0 Å². The summed E-state index contributed by atoms with van der Waals surface area (Å²) < 4.78 is 25.1. The van der Waals surface area contributed by atoms with Crippen molar-refractivity contribution in [3.8, 4) is 0 Å². The molecule has 0 radical (unpaired) electrons. The molecule has 0 aromatic heterocycles. The Hall–Kier alpha value is -0.100. The highest BCUT2D eigenvalue weighted by atomic mass is 35.5. The fourth-order valence-electron chi connectivity index (χ4n) is 2.01. The van der Waals surface area contributed by atoms with Gasteiger partial charge >= 0.3 is 7.60 Å². The third-order valence-corrected chi connectivity index (χ3v) is 7.45. The van der Waals surface area contributed by atoms with Crippen LogP contribution in [0, 0.1) is 0 Å². The molecule has 1 N–H and O–H groups in total. The second-order valence-electron chi connectivity index (χ2n) is 5.44. The minimum absolute atomic E-state index is 0.216. The average Bonchev–Trinajstić information content (AvgIpc) is 2.37. The predicted molar refractivity (Wildman–Crippen MR) is 98.2 cm³/mol. The molecule has 0 fully saturated rings. The second-order valence-corrected chi connectivity index (χ2v) is 10.0. The Morgan fingerprint density at radius 1 is 1.27 bits per heavy atom. The summed E-state index contributed by atoms with van der Waals surface area (Å²) in [7, 11) is -3.38. The van der Waals surface area contributed by atoms with E-state index in [1.54, 1.807) is 12.1 Å². The molecule has 122 valence electrons. The van der Waals surface area contributed by atoms with Gasteiger partial charge in [0.1, 0.15) is 0 Å². The maximum absolute atomic E-state index is 13.2. The smallest absolute Gasteiger partial charge is 0.363 e. The van der Waals surface area contributed by atoms with E-state index in [1.165, 1.54) is 11.8 Å². The first-order chi connectivity index (χ1) is 10.2. The molecule has 22 heavy (non-hydrogen) atoms. The van der Waals surface area contributed by atoms with Gasteiger partial charge in [-0.2, -0.15) is 0 Å². The van der Waals surface area contributed by atoms with Gasteiger partial charge in [0.2, 0.25) is 0 Å². The highest BCUT2D eigenvalue weighted by Crippen LogP contribution is 2.60. The molecule has 1 atom stereocenters. The lowest BCUT2D eigenvalue weighted by molar-refractivity contribution is 0.142. The molecule has 0 aliphatic carbocycles. The molecular formula is C14H19ClNO3PS2. The third-order valence-electron chi connectivity index (χ3n) is 2.70. The van der Waals surface area contributed by atoms with E-state index in [0.717, 1.165) is 11.3 Å². The number of thioether (sulfide) groups is 1. The summed E-state index contributed by atoms with van der Waals surface area (Å²) in [6.07, 6.45) is -0.431. The maximum atomic E-state index is 13.2. The van der Waals surface area contributed by atoms with Gasteiger partial charge in [-0.3, -0.25) is 4.57 Å². The fraction of sp³-hybridized carbons (Fsp3) is 0.500. The zero-order valence-electron chi connectivity index (χ0n) is 12.8. The van der Waals surface area contributed by atoms with Gasteiger partial charge in [-0.25, -0.2) is 0 Å². The summed E-state index contributed by atoms with van der Waals surface area (Å²) in [5.41, 5.74) is 1.63. The lowest BCUT2D eigenvalue weighted by Crippen LogP contribution is -2.27. The van der Waals surface area contributed by atoms with Crippen LogP contribution in [0.25, 0.3) is 0 Å². The summed E-state index contributed by atoms with van der Waals surface area (Å²) in [6.45, 7) is 7.32. The molecule has 0 bridgehead atoms. The van der Waals surface area contributed by atoms with E-state index in [9.17, 15) is 4.57 Å². The highest BCUT2D eigenvalue weighted by Gasteiger charge is 2.42. The average molecular weight is 380 g/mol. The molecule has 4 nitrogen and oxygen atoms in total. The molecule has 8 heteroatoms. The zero-order chi connectivity index (χ0) is 16.5.